The fraction of sp³-hybridized carbons (Fsp3) is 0.333. The first-order chi connectivity index (χ1) is 12.4. The third-order valence-corrected chi connectivity index (χ3v) is 65.2. The summed E-state index contributed by atoms with van der Waals surface area (Å²) < 4.78 is 3.13. The van der Waals surface area contributed by atoms with Gasteiger partial charge in [-0.05, 0) is 0 Å². The summed E-state index contributed by atoms with van der Waals surface area (Å²) >= 11 is -3.92. The average molecular weight is 504 g/mol. The molecule has 0 aromatic heterocycles. The quantitative estimate of drug-likeness (QED) is 0.279. The topological polar surface area (TPSA) is 0 Å². The molecule has 0 radical (unpaired) electrons. The van der Waals surface area contributed by atoms with Crippen LogP contribution in [0.15, 0.2) is 82.8 Å². The van der Waals surface area contributed by atoms with E-state index < -0.39 is 18.7 Å². The standard InChI is InChI=1S/C13H12P.C5H5.C2H7Si.4CH3.2ClH.Ti/c1-14(12-8-4-2-5-9-12)13-10-6-3-7-11-13;1-2-4-5-3-1;1-3-2;;;;;;;/h2-11H,1H2;1-3H,4H2;3H,1-2H3;4*1H3;2*1H;. The van der Waals surface area contributed by atoms with Gasteiger partial charge in [-0.2, -0.15) is 0 Å². The molecule has 0 N–H and O–H groups in total. The van der Waals surface area contributed by atoms with Crippen LogP contribution < -0.4 is 10.6 Å². The third-order valence-electron chi connectivity index (χ3n) is 8.57. The van der Waals surface area contributed by atoms with Crippen molar-refractivity contribution in [1.29, 1.82) is 0 Å². The molecule has 0 amide bonds. The van der Waals surface area contributed by atoms with Gasteiger partial charge in [-0.1, -0.05) is 0 Å². The van der Waals surface area contributed by atoms with Crippen LogP contribution in [0.3, 0.4) is 0 Å². The minimum atomic E-state index is -3.92. The molecule has 161 valence electrons. The second-order valence-corrected chi connectivity index (χ2v) is 59.8. The number of allylic oxidation sites excluding steroid dienone is 4. The average Bonchev–Trinajstić information content (AvgIpc) is 3.18. The van der Waals surface area contributed by atoms with Crippen LogP contribution in [0.25, 0.3) is 0 Å². The van der Waals surface area contributed by atoms with Crippen molar-refractivity contribution in [2.75, 3.05) is 4.47 Å². The predicted molar refractivity (Wildman–Crippen MR) is 143 cm³/mol. The van der Waals surface area contributed by atoms with E-state index in [1.165, 1.54) is 15.1 Å². The van der Waals surface area contributed by atoms with E-state index in [1.807, 2.05) is 0 Å². The van der Waals surface area contributed by atoms with Crippen molar-refractivity contribution in [2.45, 2.75) is 40.4 Å². The minimum Gasteiger partial charge on any atom is -0.147 e. The molecule has 0 saturated carbocycles. The van der Waals surface area contributed by atoms with E-state index in [4.69, 9.17) is 0 Å². The Morgan fingerprint density at radius 1 is 0.793 bits per heavy atom. The van der Waals surface area contributed by atoms with E-state index in [1.54, 1.807) is 3.88 Å². The first-order valence-corrected chi connectivity index (χ1v) is 25.6. The Labute approximate surface area is 188 Å². The zero-order chi connectivity index (χ0) is 19.9. The van der Waals surface area contributed by atoms with Crippen LogP contribution >= 0.6 is 32.7 Å². The van der Waals surface area contributed by atoms with Crippen molar-refractivity contribution >= 4 is 50.0 Å². The molecular weight excluding hydrogens is 466 g/mol. The Hall–Kier alpha value is -0.139. The largest absolute Gasteiger partial charge is 0.147 e. The van der Waals surface area contributed by atoms with Crippen LogP contribution in [0.1, 0.15) is 6.42 Å². The van der Waals surface area contributed by atoms with Gasteiger partial charge < -0.3 is 0 Å². The van der Waals surface area contributed by atoms with Gasteiger partial charge in [0.1, 0.15) is 0 Å². The monoisotopic (exact) mass is 503 g/mol. The van der Waals surface area contributed by atoms with Gasteiger partial charge in [-0.25, -0.2) is 0 Å². The molecule has 0 spiro atoms. The Morgan fingerprint density at radius 2 is 1.24 bits per heavy atom. The van der Waals surface area contributed by atoms with Gasteiger partial charge in [-0.3, -0.25) is 0 Å². The Morgan fingerprint density at radius 3 is 1.59 bits per heavy atom. The maximum absolute atomic E-state index is 3.92. The molecule has 0 nitrogen and oxygen atoms in total. The summed E-state index contributed by atoms with van der Waals surface area (Å²) in [7, 11) is -0.388. The van der Waals surface area contributed by atoms with Gasteiger partial charge in [0, 0.05) is 0 Å². The second kappa shape index (κ2) is 7.77. The maximum Gasteiger partial charge on any atom is -0.147 e. The normalized spacial score (nSPS) is 17.4. The van der Waals surface area contributed by atoms with Gasteiger partial charge in [0.2, 0.25) is 0 Å². The van der Waals surface area contributed by atoms with Crippen molar-refractivity contribution < 1.29 is 12.0 Å². The predicted octanol–water partition coefficient (Wildman–Crippen LogP) is 7.70. The van der Waals surface area contributed by atoms with Gasteiger partial charge in [-0.15, -0.1) is 24.8 Å². The molecule has 29 heavy (non-hydrogen) atoms. The molecule has 0 heterocycles. The molecule has 1 aliphatic carbocycles. The third kappa shape index (κ3) is 4.72. The molecule has 3 rings (SSSR count). The second-order valence-electron chi connectivity index (χ2n) is 12.8. The number of hydrogen-bond acceptors (Lipinski definition) is 0. The summed E-state index contributed by atoms with van der Waals surface area (Å²) in [6, 6.07) is 22.6. The molecule has 1 aliphatic rings. The van der Waals surface area contributed by atoms with E-state index in [9.17, 15) is 0 Å². The van der Waals surface area contributed by atoms with E-state index in [0.29, 0.717) is 0 Å². The zero-order valence-electron chi connectivity index (χ0n) is 18.8. The van der Waals surface area contributed by atoms with Crippen LogP contribution in [0.2, 0.25) is 34.0 Å². The molecule has 0 bridgehead atoms. The number of benzene rings is 2. The summed E-state index contributed by atoms with van der Waals surface area (Å²) in [5, 5.41) is 14.1. The summed E-state index contributed by atoms with van der Waals surface area (Å²) in [5.41, 5.74) is 0. The van der Waals surface area contributed by atoms with Gasteiger partial charge in [0.05, 0.1) is 0 Å². The van der Waals surface area contributed by atoms with Crippen molar-refractivity contribution in [2.24, 2.45) is 0 Å². The molecule has 2 aromatic carbocycles. The van der Waals surface area contributed by atoms with E-state index in [0.717, 1.165) is 6.42 Å². The van der Waals surface area contributed by atoms with Gasteiger partial charge in [0.25, 0.3) is 0 Å². The molecule has 0 aliphatic heterocycles. The SMILES string of the molecule is C[SiH](C)[Ti]([CH3])([CH3])([CH3])([CH3])([CH2]P(c1ccccc1)c1ccccc1)[C]1=CC=CC1.Cl.Cl. The Balaban J connectivity index is 0.00000210. The summed E-state index contributed by atoms with van der Waals surface area (Å²) in [6.07, 6.45) is 8.34. The summed E-state index contributed by atoms with van der Waals surface area (Å²) in [5.74, 6) is 0. The minimum absolute atomic E-state index is 0. The van der Waals surface area contributed by atoms with Crippen molar-refractivity contribution in [3.05, 3.63) is 82.8 Å². The molecule has 0 saturated heterocycles. The van der Waals surface area contributed by atoms with E-state index in [2.05, 4.69) is 113 Å². The molecule has 0 fully saturated rings. The fourth-order valence-corrected chi connectivity index (χ4v) is 35.5. The maximum atomic E-state index is 2.77. The van der Waals surface area contributed by atoms with Crippen LogP contribution in [0, 0.1) is 0 Å². The Bertz CT molecular complexity index is 884. The van der Waals surface area contributed by atoms with Crippen LogP contribution in [0.5, 0.6) is 0 Å². The molecule has 5 heteroatoms. The van der Waals surface area contributed by atoms with Crippen LogP contribution in [0.4, 0.5) is 0 Å². The van der Waals surface area contributed by atoms with E-state index in [-0.39, 0.29) is 32.7 Å². The molecule has 0 atom stereocenters. The first kappa shape index (κ1) is 26.9. The first-order valence-electron chi connectivity index (χ1n) is 10.3. The fourth-order valence-electron chi connectivity index (χ4n) is 4.43. The van der Waals surface area contributed by atoms with Gasteiger partial charge >= 0.3 is 165 Å². The van der Waals surface area contributed by atoms with Crippen molar-refractivity contribution in [3.63, 3.8) is 0 Å². The summed E-state index contributed by atoms with van der Waals surface area (Å²) in [6.45, 7) is 4.23. The smallest absolute Gasteiger partial charge is 0.147 e. The molecule has 0 unspecified atom stereocenters. The van der Waals surface area contributed by atoms with Crippen molar-refractivity contribution in [1.82, 2.24) is 0 Å². The van der Waals surface area contributed by atoms with E-state index >= 15 is 0 Å². The summed E-state index contributed by atoms with van der Waals surface area (Å²) in [4.78, 5) is 0. The number of halogens is 2. The Kier molecular flexibility index (Phi) is 7.21. The number of hydrogen-bond donors (Lipinski definition) is 0. The zero-order valence-corrected chi connectivity index (χ0v) is 24.0. The molecular formula is C24H38Cl2PSiTi. The van der Waals surface area contributed by atoms with Gasteiger partial charge in [0.15, 0.2) is 0 Å². The van der Waals surface area contributed by atoms with Crippen LogP contribution in [-0.2, 0) is 12.0 Å². The van der Waals surface area contributed by atoms with Crippen molar-refractivity contribution in [3.8, 4) is 0 Å². The number of rotatable bonds is 6. The molecule has 2 aromatic rings. The van der Waals surface area contributed by atoms with Crippen LogP contribution in [-0.4, -0.2) is 11.1 Å².